The van der Waals surface area contributed by atoms with Crippen LogP contribution >= 0.6 is 0 Å². The average Bonchev–Trinajstić information content (AvgIpc) is 2.28. The molecule has 90 valence electrons. The first-order valence-corrected chi connectivity index (χ1v) is 6.36. The van der Waals surface area contributed by atoms with Crippen molar-refractivity contribution in [2.24, 2.45) is 11.8 Å². The van der Waals surface area contributed by atoms with Gasteiger partial charge in [0.2, 0.25) is 0 Å². The number of halogens is 1. The molecule has 0 aromatic heterocycles. The maximum absolute atomic E-state index is 14.2. The average molecular weight is 222 g/mol. The van der Waals surface area contributed by atoms with Gasteiger partial charge < -0.3 is 0 Å². The summed E-state index contributed by atoms with van der Waals surface area (Å²) in [5.41, 5.74) is -0.173. The molecule has 0 bridgehead atoms. The maximum Gasteiger partial charge on any atom is 0.136 e. The van der Waals surface area contributed by atoms with Crippen LogP contribution in [0.15, 0.2) is 30.3 Å². The summed E-state index contributed by atoms with van der Waals surface area (Å²) in [6.07, 6.45) is 1.41. The third kappa shape index (κ3) is 2.63. The van der Waals surface area contributed by atoms with Crippen molar-refractivity contribution in [1.29, 1.82) is 0 Å². The van der Waals surface area contributed by atoms with E-state index < -0.39 is 5.67 Å². The van der Waals surface area contributed by atoms with Gasteiger partial charge in [-0.05, 0) is 30.2 Å². The third-order valence-electron chi connectivity index (χ3n) is 3.41. The van der Waals surface area contributed by atoms with Gasteiger partial charge >= 0.3 is 0 Å². The first-order valence-electron chi connectivity index (χ1n) is 6.36. The van der Waals surface area contributed by atoms with Crippen LogP contribution in [0.1, 0.15) is 46.1 Å². The van der Waals surface area contributed by atoms with E-state index in [1.165, 1.54) is 0 Å². The van der Waals surface area contributed by atoms with Crippen LogP contribution < -0.4 is 0 Å². The minimum Gasteiger partial charge on any atom is -0.239 e. The van der Waals surface area contributed by atoms with E-state index >= 15 is 0 Å². The molecule has 0 nitrogen and oxygen atoms in total. The van der Waals surface area contributed by atoms with Gasteiger partial charge in [0, 0.05) is 0 Å². The van der Waals surface area contributed by atoms with E-state index in [2.05, 4.69) is 13.8 Å². The molecule has 0 aliphatic heterocycles. The van der Waals surface area contributed by atoms with Crippen molar-refractivity contribution >= 4 is 0 Å². The lowest BCUT2D eigenvalue weighted by molar-refractivity contribution is -0.0183. The molecule has 0 unspecified atom stereocenters. The molecular weight excluding hydrogens is 199 g/mol. The Morgan fingerprint density at radius 2 is 1.62 bits per heavy atom. The summed E-state index contributed by atoms with van der Waals surface area (Å²) in [6, 6.07) is 9.57. The van der Waals surface area contributed by atoms with Crippen molar-refractivity contribution in [1.82, 2.24) is 0 Å². The summed E-state index contributed by atoms with van der Waals surface area (Å²) in [4.78, 5) is 0. The first-order chi connectivity index (χ1) is 7.62. The molecule has 1 fully saturated rings. The van der Waals surface area contributed by atoms with Crippen molar-refractivity contribution in [2.75, 3.05) is 0 Å². The lowest BCUT2D eigenvalue weighted by Gasteiger charge is -2.44. The fourth-order valence-corrected chi connectivity index (χ4v) is 2.22. The predicted octanol–water partition coefficient (Wildman–Crippen LogP) is 4.94. The van der Waals surface area contributed by atoms with Gasteiger partial charge in [0.25, 0.3) is 0 Å². The topological polar surface area (TPSA) is 0 Å². The van der Waals surface area contributed by atoms with E-state index in [1.807, 2.05) is 44.2 Å². The summed E-state index contributed by atoms with van der Waals surface area (Å²) in [7, 11) is 0. The molecule has 0 amide bonds. The second kappa shape index (κ2) is 5.47. The lowest BCUT2D eigenvalue weighted by Crippen LogP contribution is -2.39. The zero-order chi connectivity index (χ0) is 12.2. The predicted molar refractivity (Wildman–Crippen MR) is 68.1 cm³/mol. The van der Waals surface area contributed by atoms with Crippen LogP contribution in [0.5, 0.6) is 0 Å². The molecule has 0 radical (unpaired) electrons. The van der Waals surface area contributed by atoms with Crippen molar-refractivity contribution in [2.45, 2.75) is 46.2 Å². The minimum absolute atomic E-state index is 0.570. The molecular formula is C15H23F. The molecule has 1 aromatic rings. The highest BCUT2D eigenvalue weighted by Crippen LogP contribution is 2.51. The highest BCUT2D eigenvalue weighted by atomic mass is 19.1. The molecule has 16 heavy (non-hydrogen) atoms. The summed E-state index contributed by atoms with van der Waals surface area (Å²) < 4.78 is 14.2. The van der Waals surface area contributed by atoms with E-state index in [0.717, 1.165) is 5.56 Å². The summed E-state index contributed by atoms with van der Waals surface area (Å²) in [5, 5.41) is 0. The molecule has 0 heterocycles. The number of benzene rings is 1. The van der Waals surface area contributed by atoms with Gasteiger partial charge in [-0.15, -0.1) is 0 Å². The zero-order valence-electron chi connectivity index (χ0n) is 10.8. The Balaban J connectivity index is 0.000000606. The SMILES string of the molecule is CC.CC(C)C1CC(F)(c2ccccc2)C1. The fraction of sp³-hybridized carbons (Fsp3) is 0.600. The van der Waals surface area contributed by atoms with Crippen LogP contribution in [-0.2, 0) is 5.67 Å². The standard InChI is InChI=1S/C13H17F.C2H6/c1-10(2)11-8-13(14,9-11)12-6-4-3-5-7-12;1-2/h3-7,10-11H,8-9H2,1-2H3;1-2H3. The van der Waals surface area contributed by atoms with E-state index in [4.69, 9.17) is 0 Å². The Kier molecular flexibility index (Phi) is 4.52. The smallest absolute Gasteiger partial charge is 0.136 e. The van der Waals surface area contributed by atoms with E-state index in [1.54, 1.807) is 0 Å². The van der Waals surface area contributed by atoms with Gasteiger partial charge in [0.05, 0.1) is 0 Å². The van der Waals surface area contributed by atoms with Crippen LogP contribution in [0.3, 0.4) is 0 Å². The molecule has 0 atom stereocenters. The number of hydrogen-bond donors (Lipinski definition) is 0. The number of alkyl halides is 1. The van der Waals surface area contributed by atoms with Gasteiger partial charge in [0.15, 0.2) is 0 Å². The van der Waals surface area contributed by atoms with E-state index in [0.29, 0.717) is 24.7 Å². The van der Waals surface area contributed by atoms with Crippen molar-refractivity contribution < 1.29 is 4.39 Å². The third-order valence-corrected chi connectivity index (χ3v) is 3.41. The van der Waals surface area contributed by atoms with E-state index in [9.17, 15) is 4.39 Å². The normalized spacial score (nSPS) is 28.0. The zero-order valence-corrected chi connectivity index (χ0v) is 10.8. The molecule has 1 aliphatic rings. The lowest BCUT2D eigenvalue weighted by atomic mass is 9.65. The number of rotatable bonds is 2. The van der Waals surface area contributed by atoms with Gasteiger partial charge in [-0.3, -0.25) is 0 Å². The fourth-order valence-electron chi connectivity index (χ4n) is 2.22. The Bertz CT molecular complexity index is 296. The van der Waals surface area contributed by atoms with Crippen molar-refractivity contribution in [3.63, 3.8) is 0 Å². The molecule has 0 spiro atoms. The molecule has 1 heteroatoms. The van der Waals surface area contributed by atoms with Crippen LogP contribution in [0, 0.1) is 11.8 Å². The van der Waals surface area contributed by atoms with Crippen LogP contribution in [0.2, 0.25) is 0 Å². The summed E-state index contributed by atoms with van der Waals surface area (Å²) in [5.74, 6) is 1.18. The van der Waals surface area contributed by atoms with Crippen LogP contribution in [0.4, 0.5) is 4.39 Å². The quantitative estimate of drug-likeness (QED) is 0.664. The van der Waals surface area contributed by atoms with Gasteiger partial charge in [-0.1, -0.05) is 58.0 Å². The highest BCUT2D eigenvalue weighted by Gasteiger charge is 2.46. The summed E-state index contributed by atoms with van der Waals surface area (Å²) in [6.45, 7) is 8.35. The Morgan fingerprint density at radius 3 is 2.06 bits per heavy atom. The Labute approximate surface area is 98.9 Å². The molecule has 1 aromatic carbocycles. The van der Waals surface area contributed by atoms with Gasteiger partial charge in [0.1, 0.15) is 5.67 Å². The highest BCUT2D eigenvalue weighted by molar-refractivity contribution is 5.25. The monoisotopic (exact) mass is 222 g/mol. The molecule has 0 saturated heterocycles. The van der Waals surface area contributed by atoms with Crippen LogP contribution in [0.25, 0.3) is 0 Å². The second-order valence-electron chi connectivity index (χ2n) is 4.74. The molecule has 2 rings (SSSR count). The number of hydrogen-bond acceptors (Lipinski definition) is 0. The molecule has 0 N–H and O–H groups in total. The van der Waals surface area contributed by atoms with E-state index in [-0.39, 0.29) is 0 Å². The van der Waals surface area contributed by atoms with Crippen molar-refractivity contribution in [3.05, 3.63) is 35.9 Å². The first kappa shape index (κ1) is 13.2. The molecule has 1 saturated carbocycles. The van der Waals surface area contributed by atoms with Crippen molar-refractivity contribution in [3.8, 4) is 0 Å². The second-order valence-corrected chi connectivity index (χ2v) is 4.74. The van der Waals surface area contributed by atoms with Gasteiger partial charge in [-0.2, -0.15) is 0 Å². The van der Waals surface area contributed by atoms with Crippen LogP contribution in [-0.4, -0.2) is 0 Å². The Morgan fingerprint density at radius 1 is 1.12 bits per heavy atom. The Hall–Kier alpha value is -0.850. The minimum atomic E-state index is -1.03. The molecule has 1 aliphatic carbocycles. The largest absolute Gasteiger partial charge is 0.239 e. The van der Waals surface area contributed by atoms with Gasteiger partial charge in [-0.25, -0.2) is 4.39 Å². The maximum atomic E-state index is 14.2. The summed E-state index contributed by atoms with van der Waals surface area (Å²) >= 11 is 0.